The number of ketones is 2. The standard InChI is InChI=1S/C18H24O5/c1-21-14-8-4-6-12(11-14)10-13-7-5-9-15(16(13)19)17(20)18(22-2)23-3/h4,6,8,11,13,15,18H,5,7,9-10H2,1-3H3. The fourth-order valence-corrected chi connectivity index (χ4v) is 3.20. The largest absolute Gasteiger partial charge is 0.497 e. The lowest BCUT2D eigenvalue weighted by Crippen LogP contribution is -2.41. The van der Waals surface area contributed by atoms with E-state index in [-0.39, 0.29) is 17.5 Å². The van der Waals surface area contributed by atoms with Crippen LogP contribution in [0, 0.1) is 11.8 Å². The molecular formula is C18H24O5. The van der Waals surface area contributed by atoms with E-state index in [0.29, 0.717) is 12.8 Å². The fraction of sp³-hybridized carbons (Fsp3) is 0.556. The van der Waals surface area contributed by atoms with E-state index in [1.807, 2.05) is 24.3 Å². The van der Waals surface area contributed by atoms with E-state index in [4.69, 9.17) is 14.2 Å². The van der Waals surface area contributed by atoms with Crippen molar-refractivity contribution >= 4 is 11.6 Å². The third-order valence-electron chi connectivity index (χ3n) is 4.41. The molecule has 0 amide bonds. The Morgan fingerprint density at radius 1 is 1.22 bits per heavy atom. The van der Waals surface area contributed by atoms with Gasteiger partial charge in [0.2, 0.25) is 6.29 Å². The number of carbonyl (C=O) groups is 2. The molecule has 1 aliphatic rings. The summed E-state index contributed by atoms with van der Waals surface area (Å²) < 4.78 is 15.2. The van der Waals surface area contributed by atoms with Crippen molar-refractivity contribution in [2.45, 2.75) is 32.0 Å². The van der Waals surface area contributed by atoms with Gasteiger partial charge in [-0.1, -0.05) is 18.6 Å². The molecular weight excluding hydrogens is 296 g/mol. The minimum Gasteiger partial charge on any atom is -0.497 e. The molecule has 2 atom stereocenters. The molecule has 5 nitrogen and oxygen atoms in total. The zero-order chi connectivity index (χ0) is 16.8. The van der Waals surface area contributed by atoms with Crippen molar-refractivity contribution < 1.29 is 23.8 Å². The summed E-state index contributed by atoms with van der Waals surface area (Å²) in [6.45, 7) is 0. The van der Waals surface area contributed by atoms with E-state index in [9.17, 15) is 9.59 Å². The zero-order valence-electron chi connectivity index (χ0n) is 13.9. The Morgan fingerprint density at radius 3 is 2.61 bits per heavy atom. The van der Waals surface area contributed by atoms with Gasteiger partial charge in [0.25, 0.3) is 0 Å². The maximum absolute atomic E-state index is 12.7. The first-order chi connectivity index (χ1) is 11.1. The van der Waals surface area contributed by atoms with Crippen molar-refractivity contribution in [2.24, 2.45) is 11.8 Å². The Morgan fingerprint density at radius 2 is 1.96 bits per heavy atom. The molecule has 0 saturated heterocycles. The van der Waals surface area contributed by atoms with Gasteiger partial charge < -0.3 is 14.2 Å². The van der Waals surface area contributed by atoms with Crippen LogP contribution in [0.5, 0.6) is 5.75 Å². The summed E-state index contributed by atoms with van der Waals surface area (Å²) in [6, 6.07) is 7.70. The van der Waals surface area contributed by atoms with E-state index >= 15 is 0 Å². The van der Waals surface area contributed by atoms with Crippen LogP contribution in [-0.4, -0.2) is 39.2 Å². The molecule has 5 heteroatoms. The second-order valence-electron chi connectivity index (χ2n) is 5.84. The van der Waals surface area contributed by atoms with Gasteiger partial charge >= 0.3 is 0 Å². The lowest BCUT2D eigenvalue weighted by Gasteiger charge is -2.28. The molecule has 0 radical (unpaired) electrons. The van der Waals surface area contributed by atoms with Crippen LogP contribution in [0.3, 0.4) is 0 Å². The van der Waals surface area contributed by atoms with Crippen molar-refractivity contribution in [1.82, 2.24) is 0 Å². The second-order valence-corrected chi connectivity index (χ2v) is 5.84. The van der Waals surface area contributed by atoms with Gasteiger partial charge in [0.05, 0.1) is 13.0 Å². The highest BCUT2D eigenvalue weighted by molar-refractivity contribution is 6.05. The van der Waals surface area contributed by atoms with Gasteiger partial charge in [-0.25, -0.2) is 0 Å². The first-order valence-electron chi connectivity index (χ1n) is 7.86. The predicted molar refractivity (Wildman–Crippen MR) is 85.3 cm³/mol. The lowest BCUT2D eigenvalue weighted by molar-refractivity contribution is -0.164. The Hall–Kier alpha value is -1.72. The highest BCUT2D eigenvalue weighted by Crippen LogP contribution is 2.30. The van der Waals surface area contributed by atoms with E-state index in [1.165, 1.54) is 14.2 Å². The molecule has 0 N–H and O–H groups in total. The van der Waals surface area contributed by atoms with Crippen molar-refractivity contribution in [2.75, 3.05) is 21.3 Å². The van der Waals surface area contributed by atoms with Crippen LogP contribution < -0.4 is 4.74 Å². The summed E-state index contributed by atoms with van der Waals surface area (Å²) in [6.07, 6.45) is 1.92. The van der Waals surface area contributed by atoms with Gasteiger partial charge in [0.15, 0.2) is 5.78 Å². The Kier molecular flexibility index (Phi) is 6.30. The summed E-state index contributed by atoms with van der Waals surface area (Å²) >= 11 is 0. The normalized spacial score (nSPS) is 21.5. The molecule has 0 bridgehead atoms. The van der Waals surface area contributed by atoms with Gasteiger partial charge in [0, 0.05) is 20.1 Å². The summed E-state index contributed by atoms with van der Waals surface area (Å²) in [5.41, 5.74) is 1.05. The first-order valence-corrected chi connectivity index (χ1v) is 7.86. The quantitative estimate of drug-likeness (QED) is 0.570. The van der Waals surface area contributed by atoms with Crippen LogP contribution in [0.4, 0.5) is 0 Å². The molecule has 2 rings (SSSR count). The Bertz CT molecular complexity index is 550. The molecule has 23 heavy (non-hydrogen) atoms. The van der Waals surface area contributed by atoms with Crippen molar-refractivity contribution in [3.05, 3.63) is 29.8 Å². The molecule has 1 aromatic rings. The number of benzene rings is 1. The summed E-state index contributed by atoms with van der Waals surface area (Å²) in [5, 5.41) is 0. The highest BCUT2D eigenvalue weighted by atomic mass is 16.7. The van der Waals surface area contributed by atoms with Crippen molar-refractivity contribution in [3.63, 3.8) is 0 Å². The number of hydrogen-bond donors (Lipinski definition) is 0. The molecule has 0 heterocycles. The topological polar surface area (TPSA) is 61.8 Å². The van der Waals surface area contributed by atoms with Gasteiger partial charge in [0.1, 0.15) is 11.5 Å². The maximum Gasteiger partial charge on any atom is 0.218 e. The summed E-state index contributed by atoms with van der Waals surface area (Å²) in [7, 11) is 4.44. The highest BCUT2D eigenvalue weighted by Gasteiger charge is 2.38. The maximum atomic E-state index is 12.7. The van der Waals surface area contributed by atoms with Crippen molar-refractivity contribution in [1.29, 1.82) is 0 Å². The smallest absolute Gasteiger partial charge is 0.218 e. The third-order valence-corrected chi connectivity index (χ3v) is 4.41. The molecule has 1 aromatic carbocycles. The molecule has 1 aliphatic carbocycles. The van der Waals surface area contributed by atoms with E-state index in [1.54, 1.807) is 7.11 Å². The second kappa shape index (κ2) is 8.22. The minimum atomic E-state index is -0.959. The van der Waals surface area contributed by atoms with Gasteiger partial charge in [-0.15, -0.1) is 0 Å². The molecule has 2 unspecified atom stereocenters. The Labute approximate surface area is 136 Å². The van der Waals surface area contributed by atoms with Crippen LogP contribution in [0.2, 0.25) is 0 Å². The average Bonchev–Trinajstić information content (AvgIpc) is 2.58. The summed E-state index contributed by atoms with van der Waals surface area (Å²) in [5.74, 6) is -0.251. The number of Topliss-reactive ketones (excluding diaryl/α,β-unsaturated/α-hetero) is 2. The number of carbonyl (C=O) groups excluding carboxylic acids is 2. The van der Waals surface area contributed by atoms with E-state index in [2.05, 4.69) is 0 Å². The average molecular weight is 320 g/mol. The van der Waals surface area contributed by atoms with Crippen LogP contribution in [0.1, 0.15) is 24.8 Å². The van der Waals surface area contributed by atoms with Gasteiger partial charge in [-0.2, -0.15) is 0 Å². The molecule has 0 spiro atoms. The number of methoxy groups -OCH3 is 3. The molecule has 0 aromatic heterocycles. The molecule has 1 saturated carbocycles. The molecule has 0 aliphatic heterocycles. The van der Waals surface area contributed by atoms with Crippen LogP contribution >= 0.6 is 0 Å². The number of rotatable bonds is 7. The van der Waals surface area contributed by atoms with Crippen LogP contribution in [0.25, 0.3) is 0 Å². The van der Waals surface area contributed by atoms with Crippen molar-refractivity contribution in [3.8, 4) is 5.75 Å². The number of hydrogen-bond acceptors (Lipinski definition) is 5. The molecule has 1 fully saturated rings. The zero-order valence-corrected chi connectivity index (χ0v) is 13.9. The SMILES string of the molecule is COc1cccc(CC2CCCC(C(=O)C(OC)OC)C2=O)c1. The lowest BCUT2D eigenvalue weighted by atomic mass is 9.75. The minimum absolute atomic E-state index is 0.00294. The predicted octanol–water partition coefficient (Wildman–Crippen LogP) is 2.41. The Balaban J connectivity index is 2.08. The number of ether oxygens (including phenoxy) is 3. The molecule has 126 valence electrons. The van der Waals surface area contributed by atoms with E-state index < -0.39 is 12.2 Å². The summed E-state index contributed by atoms with van der Waals surface area (Å²) in [4.78, 5) is 25.1. The van der Waals surface area contributed by atoms with Gasteiger partial charge in [-0.3, -0.25) is 9.59 Å². The fourth-order valence-electron chi connectivity index (χ4n) is 3.20. The first kappa shape index (κ1) is 17.6. The van der Waals surface area contributed by atoms with Gasteiger partial charge in [-0.05, 0) is 37.0 Å². The van der Waals surface area contributed by atoms with E-state index in [0.717, 1.165) is 24.2 Å². The van der Waals surface area contributed by atoms with Crippen LogP contribution in [-0.2, 0) is 25.5 Å². The van der Waals surface area contributed by atoms with Crippen LogP contribution in [0.15, 0.2) is 24.3 Å². The monoisotopic (exact) mass is 320 g/mol. The third kappa shape index (κ3) is 4.18.